The first-order valence-corrected chi connectivity index (χ1v) is 9.07. The number of ether oxygens (including phenoxy) is 2. The SMILES string of the molecule is CC[C@@H](C)NC(=O)[C@H]1CS[C@H]2c3ccc(OC)c(OC)c3C(=O)N12. The molecule has 0 spiro atoms. The minimum absolute atomic E-state index is 0.0913. The molecule has 6 nitrogen and oxygen atoms in total. The Balaban J connectivity index is 1.93. The smallest absolute Gasteiger partial charge is 0.260 e. The lowest BCUT2D eigenvalue weighted by molar-refractivity contribution is -0.125. The van der Waals surface area contributed by atoms with Gasteiger partial charge in [-0.05, 0) is 19.4 Å². The van der Waals surface area contributed by atoms with Crippen LogP contribution in [0.25, 0.3) is 0 Å². The fourth-order valence-corrected chi connectivity index (χ4v) is 4.59. The van der Waals surface area contributed by atoms with Crippen molar-refractivity contribution in [1.82, 2.24) is 10.2 Å². The predicted molar refractivity (Wildman–Crippen MR) is 92.6 cm³/mol. The molecule has 0 unspecified atom stereocenters. The van der Waals surface area contributed by atoms with Gasteiger partial charge in [-0.1, -0.05) is 13.0 Å². The van der Waals surface area contributed by atoms with Crippen LogP contribution < -0.4 is 14.8 Å². The number of carbonyl (C=O) groups excluding carboxylic acids is 2. The van der Waals surface area contributed by atoms with Gasteiger partial charge >= 0.3 is 0 Å². The number of methoxy groups -OCH3 is 2. The van der Waals surface area contributed by atoms with Crippen molar-refractivity contribution in [2.24, 2.45) is 0 Å². The van der Waals surface area contributed by atoms with E-state index in [0.29, 0.717) is 22.8 Å². The number of rotatable bonds is 5. The second-order valence-corrected chi connectivity index (χ2v) is 7.11. The summed E-state index contributed by atoms with van der Waals surface area (Å²) in [4.78, 5) is 27.2. The summed E-state index contributed by atoms with van der Waals surface area (Å²) in [5.41, 5.74) is 1.40. The first-order valence-electron chi connectivity index (χ1n) is 8.03. The minimum atomic E-state index is -0.454. The van der Waals surface area contributed by atoms with Crippen LogP contribution in [-0.2, 0) is 4.79 Å². The summed E-state index contributed by atoms with van der Waals surface area (Å²) in [6, 6.07) is 3.34. The Morgan fingerprint density at radius 2 is 2.17 bits per heavy atom. The highest BCUT2D eigenvalue weighted by Gasteiger charge is 2.50. The van der Waals surface area contributed by atoms with E-state index in [4.69, 9.17) is 9.47 Å². The van der Waals surface area contributed by atoms with Crippen LogP contribution in [0.15, 0.2) is 12.1 Å². The molecule has 3 atom stereocenters. The van der Waals surface area contributed by atoms with Crippen molar-refractivity contribution in [1.29, 1.82) is 0 Å². The number of hydrogen-bond acceptors (Lipinski definition) is 5. The van der Waals surface area contributed by atoms with E-state index in [-0.39, 0.29) is 23.2 Å². The minimum Gasteiger partial charge on any atom is -0.493 e. The van der Waals surface area contributed by atoms with Crippen molar-refractivity contribution in [3.05, 3.63) is 23.3 Å². The Hall–Kier alpha value is -1.89. The molecule has 0 radical (unpaired) electrons. The van der Waals surface area contributed by atoms with E-state index < -0.39 is 6.04 Å². The molecule has 2 aliphatic heterocycles. The van der Waals surface area contributed by atoms with E-state index in [2.05, 4.69) is 5.32 Å². The van der Waals surface area contributed by atoms with Gasteiger partial charge in [0.2, 0.25) is 5.91 Å². The molecule has 130 valence electrons. The number of nitrogens with one attached hydrogen (secondary N) is 1. The molecule has 2 heterocycles. The van der Waals surface area contributed by atoms with Gasteiger partial charge in [0.05, 0.1) is 19.8 Å². The van der Waals surface area contributed by atoms with Crippen LogP contribution in [0.3, 0.4) is 0 Å². The highest BCUT2D eigenvalue weighted by atomic mass is 32.2. The molecule has 1 aromatic rings. The van der Waals surface area contributed by atoms with Gasteiger partial charge in [-0.25, -0.2) is 0 Å². The summed E-state index contributed by atoms with van der Waals surface area (Å²) < 4.78 is 10.7. The van der Waals surface area contributed by atoms with E-state index in [1.54, 1.807) is 23.8 Å². The third kappa shape index (κ3) is 2.51. The molecular weight excluding hydrogens is 328 g/mol. The molecule has 0 aliphatic carbocycles. The third-order valence-corrected chi connectivity index (χ3v) is 5.90. The number of hydrogen-bond donors (Lipinski definition) is 1. The molecule has 0 saturated carbocycles. The normalized spacial score (nSPS) is 22.8. The largest absolute Gasteiger partial charge is 0.493 e. The lowest BCUT2D eigenvalue weighted by atomic mass is 10.1. The first-order chi connectivity index (χ1) is 11.5. The average molecular weight is 350 g/mol. The zero-order chi connectivity index (χ0) is 17.4. The number of carbonyl (C=O) groups is 2. The van der Waals surface area contributed by atoms with Gasteiger partial charge in [0.25, 0.3) is 5.91 Å². The van der Waals surface area contributed by atoms with Crippen LogP contribution in [0.5, 0.6) is 11.5 Å². The van der Waals surface area contributed by atoms with Crippen molar-refractivity contribution >= 4 is 23.6 Å². The lowest BCUT2D eigenvalue weighted by Crippen LogP contribution is -2.48. The lowest BCUT2D eigenvalue weighted by Gasteiger charge is -2.24. The van der Waals surface area contributed by atoms with Crippen LogP contribution >= 0.6 is 11.8 Å². The van der Waals surface area contributed by atoms with E-state index >= 15 is 0 Å². The van der Waals surface area contributed by atoms with Gasteiger partial charge in [-0.15, -0.1) is 11.8 Å². The zero-order valence-electron chi connectivity index (χ0n) is 14.3. The number of thioether (sulfide) groups is 1. The average Bonchev–Trinajstić information content (AvgIpc) is 3.14. The summed E-state index contributed by atoms with van der Waals surface area (Å²) in [5.74, 6) is 1.31. The van der Waals surface area contributed by atoms with E-state index in [1.165, 1.54) is 7.11 Å². The second-order valence-electron chi connectivity index (χ2n) is 6.00. The third-order valence-electron chi connectivity index (χ3n) is 4.60. The van der Waals surface area contributed by atoms with Crippen molar-refractivity contribution in [2.75, 3.05) is 20.0 Å². The topological polar surface area (TPSA) is 67.9 Å². The highest BCUT2D eigenvalue weighted by molar-refractivity contribution is 7.99. The van der Waals surface area contributed by atoms with Crippen molar-refractivity contribution < 1.29 is 19.1 Å². The maximum Gasteiger partial charge on any atom is 0.260 e. The van der Waals surface area contributed by atoms with Gasteiger partial charge in [-0.3, -0.25) is 9.59 Å². The number of benzene rings is 1. The van der Waals surface area contributed by atoms with Gasteiger partial charge in [0, 0.05) is 17.4 Å². The Kier molecular flexibility index (Phi) is 4.62. The van der Waals surface area contributed by atoms with E-state index in [9.17, 15) is 9.59 Å². The summed E-state index contributed by atoms with van der Waals surface area (Å²) in [6.45, 7) is 3.98. The molecule has 2 amide bonds. The Morgan fingerprint density at radius 3 is 2.79 bits per heavy atom. The zero-order valence-corrected chi connectivity index (χ0v) is 15.1. The van der Waals surface area contributed by atoms with Crippen LogP contribution in [0, 0.1) is 0 Å². The van der Waals surface area contributed by atoms with Crippen molar-refractivity contribution in [3.63, 3.8) is 0 Å². The number of nitrogens with zero attached hydrogens (tertiary/aromatic N) is 1. The maximum atomic E-state index is 13.0. The Labute approximate surface area is 145 Å². The molecule has 3 rings (SSSR count). The summed E-state index contributed by atoms with van der Waals surface area (Å²) >= 11 is 1.61. The highest BCUT2D eigenvalue weighted by Crippen LogP contribution is 2.52. The number of fused-ring (bicyclic) bond motifs is 3. The van der Waals surface area contributed by atoms with Gasteiger partial charge in [0.15, 0.2) is 11.5 Å². The fourth-order valence-electron chi connectivity index (χ4n) is 3.13. The summed E-state index contributed by atoms with van der Waals surface area (Å²) in [6.07, 6.45) is 0.855. The molecule has 24 heavy (non-hydrogen) atoms. The van der Waals surface area contributed by atoms with Crippen molar-refractivity contribution in [2.45, 2.75) is 37.7 Å². The summed E-state index contributed by atoms with van der Waals surface area (Å²) in [5, 5.41) is 2.84. The first kappa shape index (κ1) is 17.0. The molecule has 1 fully saturated rings. The van der Waals surface area contributed by atoms with Gasteiger partial charge < -0.3 is 19.7 Å². The molecular formula is C17H22N2O4S. The molecule has 0 bridgehead atoms. The number of amides is 2. The quantitative estimate of drug-likeness (QED) is 0.882. The van der Waals surface area contributed by atoms with Gasteiger partial charge in [0.1, 0.15) is 11.4 Å². The van der Waals surface area contributed by atoms with Crippen LogP contribution in [0.1, 0.15) is 41.6 Å². The predicted octanol–water partition coefficient (Wildman–Crippen LogP) is 2.19. The molecule has 7 heteroatoms. The van der Waals surface area contributed by atoms with E-state index in [0.717, 1.165) is 12.0 Å². The fraction of sp³-hybridized carbons (Fsp3) is 0.529. The molecule has 2 aliphatic rings. The van der Waals surface area contributed by atoms with Crippen LogP contribution in [0.4, 0.5) is 0 Å². The maximum absolute atomic E-state index is 13.0. The van der Waals surface area contributed by atoms with Gasteiger partial charge in [-0.2, -0.15) is 0 Å². The monoisotopic (exact) mass is 350 g/mol. The molecule has 1 aromatic carbocycles. The molecule has 1 saturated heterocycles. The molecule has 1 N–H and O–H groups in total. The van der Waals surface area contributed by atoms with Crippen LogP contribution in [0.2, 0.25) is 0 Å². The van der Waals surface area contributed by atoms with Crippen molar-refractivity contribution in [3.8, 4) is 11.5 Å². The van der Waals surface area contributed by atoms with Crippen LogP contribution in [-0.4, -0.2) is 48.8 Å². The standard InChI is InChI=1S/C17H22N2O4S/c1-5-9(2)18-15(20)11-8-24-17-10-6-7-12(22-3)14(23-4)13(10)16(21)19(11)17/h6-7,9,11,17H,5,8H2,1-4H3,(H,18,20)/t9-,11-,17+/m1/s1. The molecule has 0 aromatic heterocycles. The van der Waals surface area contributed by atoms with E-state index in [1.807, 2.05) is 26.0 Å². The Morgan fingerprint density at radius 1 is 1.42 bits per heavy atom. The summed E-state index contributed by atoms with van der Waals surface area (Å²) in [7, 11) is 3.07. The Bertz CT molecular complexity index is 679. The second kappa shape index (κ2) is 6.55.